The van der Waals surface area contributed by atoms with E-state index in [4.69, 9.17) is 9.47 Å². The normalized spacial score (nSPS) is 11.9. The molecule has 3 heteroatoms. The lowest BCUT2D eigenvalue weighted by molar-refractivity contribution is 0.414. The largest absolute Gasteiger partial charge is 0.497 e. The number of methoxy groups -OCH3 is 2. The molecule has 2 aromatic carbocycles. The molecule has 3 nitrogen and oxygen atoms in total. The van der Waals surface area contributed by atoms with Crippen LogP contribution in [-0.4, -0.2) is 14.2 Å². The minimum absolute atomic E-state index is 0.855. The van der Waals surface area contributed by atoms with Crippen molar-refractivity contribution in [2.45, 2.75) is 0 Å². The van der Waals surface area contributed by atoms with Gasteiger partial charge in [0.2, 0.25) is 0 Å². The first kappa shape index (κ1) is 11.7. The molecule has 0 radical (unpaired) electrons. The maximum Gasteiger partial charge on any atom is 0.119 e. The fourth-order valence-electron chi connectivity index (χ4n) is 2.16. The van der Waals surface area contributed by atoms with Crippen molar-refractivity contribution in [1.29, 1.82) is 0 Å². The maximum absolute atomic E-state index is 5.25. The van der Waals surface area contributed by atoms with Gasteiger partial charge < -0.3 is 14.8 Å². The van der Waals surface area contributed by atoms with Gasteiger partial charge in [0, 0.05) is 22.5 Å². The van der Waals surface area contributed by atoms with Crippen molar-refractivity contribution < 1.29 is 9.47 Å². The van der Waals surface area contributed by atoms with Gasteiger partial charge in [0.15, 0.2) is 0 Å². The van der Waals surface area contributed by atoms with E-state index in [1.165, 1.54) is 0 Å². The van der Waals surface area contributed by atoms with Crippen LogP contribution in [0, 0.1) is 0 Å². The second-order valence-electron chi connectivity index (χ2n) is 4.36. The highest BCUT2D eigenvalue weighted by Gasteiger charge is 2.09. The van der Waals surface area contributed by atoms with E-state index < -0.39 is 0 Å². The average Bonchev–Trinajstić information content (AvgIpc) is 2.64. The summed E-state index contributed by atoms with van der Waals surface area (Å²) in [6, 6.07) is 12.0. The molecule has 3 rings (SSSR count). The molecule has 0 saturated carbocycles. The van der Waals surface area contributed by atoms with Gasteiger partial charge >= 0.3 is 0 Å². The molecular weight excluding hydrogens is 238 g/mol. The van der Waals surface area contributed by atoms with Crippen LogP contribution in [0.1, 0.15) is 11.1 Å². The fraction of sp³-hybridized carbons (Fsp3) is 0.125. The molecule has 0 amide bonds. The van der Waals surface area contributed by atoms with Crippen LogP contribution in [0.4, 0.5) is 11.4 Å². The first-order valence-electron chi connectivity index (χ1n) is 6.11. The molecule has 1 N–H and O–H groups in total. The lowest BCUT2D eigenvalue weighted by atomic mass is 10.1. The third-order valence-corrected chi connectivity index (χ3v) is 3.23. The highest BCUT2D eigenvalue weighted by molar-refractivity contribution is 5.88. The molecule has 0 bridgehead atoms. The van der Waals surface area contributed by atoms with E-state index in [2.05, 4.69) is 17.5 Å². The third kappa shape index (κ3) is 2.15. The molecule has 0 aliphatic carbocycles. The molecule has 19 heavy (non-hydrogen) atoms. The van der Waals surface area contributed by atoms with Crippen molar-refractivity contribution >= 4 is 23.5 Å². The number of hydrogen-bond donors (Lipinski definition) is 1. The van der Waals surface area contributed by atoms with Crippen LogP contribution < -0.4 is 14.8 Å². The molecule has 1 heterocycles. The highest BCUT2D eigenvalue weighted by Crippen LogP contribution is 2.33. The number of hydrogen-bond acceptors (Lipinski definition) is 3. The Morgan fingerprint density at radius 1 is 0.737 bits per heavy atom. The standard InChI is InChI=1S/C16H15NO2/c1-18-13-5-7-15-11(9-13)3-4-12-10-14(19-2)6-8-16(12)17-15/h3-10,17H,1-2H3. The number of nitrogens with one attached hydrogen (secondary N) is 1. The van der Waals surface area contributed by atoms with E-state index >= 15 is 0 Å². The molecule has 0 fully saturated rings. The van der Waals surface area contributed by atoms with E-state index in [9.17, 15) is 0 Å². The summed E-state index contributed by atoms with van der Waals surface area (Å²) < 4.78 is 10.5. The monoisotopic (exact) mass is 253 g/mol. The summed E-state index contributed by atoms with van der Waals surface area (Å²) in [4.78, 5) is 0. The number of benzene rings is 2. The van der Waals surface area contributed by atoms with Gasteiger partial charge in [0.05, 0.1) is 14.2 Å². The van der Waals surface area contributed by atoms with Crippen LogP contribution >= 0.6 is 0 Å². The Kier molecular flexibility index (Phi) is 2.88. The Bertz CT molecular complexity index is 592. The quantitative estimate of drug-likeness (QED) is 0.750. The fourth-order valence-corrected chi connectivity index (χ4v) is 2.16. The van der Waals surface area contributed by atoms with E-state index in [1.807, 2.05) is 36.4 Å². The molecule has 0 spiro atoms. The summed E-state index contributed by atoms with van der Waals surface area (Å²) in [6.45, 7) is 0. The maximum atomic E-state index is 5.25. The van der Waals surface area contributed by atoms with Crippen LogP contribution in [0.3, 0.4) is 0 Å². The Morgan fingerprint density at radius 2 is 1.21 bits per heavy atom. The zero-order valence-electron chi connectivity index (χ0n) is 10.9. The first-order valence-corrected chi connectivity index (χ1v) is 6.11. The molecule has 0 atom stereocenters. The van der Waals surface area contributed by atoms with Crippen molar-refractivity contribution in [2.24, 2.45) is 0 Å². The number of anilines is 2. The summed E-state index contributed by atoms with van der Waals surface area (Å²) in [6.07, 6.45) is 4.16. The van der Waals surface area contributed by atoms with Crippen LogP contribution in [0.15, 0.2) is 36.4 Å². The van der Waals surface area contributed by atoms with Crippen molar-refractivity contribution in [2.75, 3.05) is 19.5 Å². The molecule has 1 aliphatic heterocycles. The van der Waals surface area contributed by atoms with Gasteiger partial charge in [-0.1, -0.05) is 12.2 Å². The van der Waals surface area contributed by atoms with Gasteiger partial charge in [0.25, 0.3) is 0 Å². The molecule has 0 aromatic heterocycles. The first-order chi connectivity index (χ1) is 9.30. The van der Waals surface area contributed by atoms with Gasteiger partial charge in [-0.2, -0.15) is 0 Å². The predicted molar refractivity (Wildman–Crippen MR) is 78.2 cm³/mol. The highest BCUT2D eigenvalue weighted by atomic mass is 16.5. The Hall–Kier alpha value is -2.42. The van der Waals surface area contributed by atoms with Crippen LogP contribution in [-0.2, 0) is 0 Å². The van der Waals surface area contributed by atoms with Gasteiger partial charge in [-0.15, -0.1) is 0 Å². The molecule has 0 saturated heterocycles. The lowest BCUT2D eigenvalue weighted by Crippen LogP contribution is -1.94. The zero-order valence-corrected chi connectivity index (χ0v) is 10.9. The minimum Gasteiger partial charge on any atom is -0.497 e. The van der Waals surface area contributed by atoms with Crippen LogP contribution in [0.25, 0.3) is 12.2 Å². The summed E-state index contributed by atoms with van der Waals surface area (Å²) in [5.41, 5.74) is 4.35. The molecule has 0 unspecified atom stereocenters. The van der Waals surface area contributed by atoms with E-state index in [1.54, 1.807) is 14.2 Å². The van der Waals surface area contributed by atoms with Gasteiger partial charge in [-0.3, -0.25) is 0 Å². The van der Waals surface area contributed by atoms with Gasteiger partial charge in [-0.25, -0.2) is 0 Å². The van der Waals surface area contributed by atoms with Gasteiger partial charge in [0.1, 0.15) is 11.5 Å². The summed E-state index contributed by atoms with van der Waals surface area (Å²) in [7, 11) is 3.35. The van der Waals surface area contributed by atoms with Crippen LogP contribution in [0.5, 0.6) is 11.5 Å². The second-order valence-corrected chi connectivity index (χ2v) is 4.36. The Morgan fingerprint density at radius 3 is 1.63 bits per heavy atom. The third-order valence-electron chi connectivity index (χ3n) is 3.23. The predicted octanol–water partition coefficient (Wildman–Crippen LogP) is 3.93. The van der Waals surface area contributed by atoms with Crippen molar-refractivity contribution in [3.05, 3.63) is 47.5 Å². The summed E-state index contributed by atoms with van der Waals surface area (Å²) in [5, 5.41) is 3.43. The lowest BCUT2D eigenvalue weighted by Gasteiger charge is -2.11. The number of rotatable bonds is 2. The Balaban J connectivity index is 2.07. The topological polar surface area (TPSA) is 30.5 Å². The SMILES string of the molecule is COc1ccc2c(c1)C=Cc1cc(OC)ccc1N2. The zero-order chi connectivity index (χ0) is 13.2. The molecule has 1 aliphatic rings. The van der Waals surface area contributed by atoms with Gasteiger partial charge in [-0.05, 0) is 36.4 Å². The molecule has 96 valence electrons. The number of ether oxygens (including phenoxy) is 2. The van der Waals surface area contributed by atoms with E-state index in [0.717, 1.165) is 34.0 Å². The van der Waals surface area contributed by atoms with E-state index in [0.29, 0.717) is 0 Å². The minimum atomic E-state index is 0.855. The molecular formula is C16H15NO2. The molecule has 2 aromatic rings. The summed E-state index contributed by atoms with van der Waals surface area (Å²) in [5.74, 6) is 1.71. The Labute approximate surface area is 112 Å². The van der Waals surface area contributed by atoms with Crippen molar-refractivity contribution in [3.8, 4) is 11.5 Å². The van der Waals surface area contributed by atoms with Crippen molar-refractivity contribution in [3.63, 3.8) is 0 Å². The number of fused-ring (bicyclic) bond motifs is 2. The summed E-state index contributed by atoms with van der Waals surface area (Å²) >= 11 is 0. The average molecular weight is 253 g/mol. The second kappa shape index (κ2) is 4.69. The van der Waals surface area contributed by atoms with Crippen LogP contribution in [0.2, 0.25) is 0 Å². The smallest absolute Gasteiger partial charge is 0.119 e. The van der Waals surface area contributed by atoms with E-state index in [-0.39, 0.29) is 0 Å². The van der Waals surface area contributed by atoms with Crippen molar-refractivity contribution in [1.82, 2.24) is 0 Å².